The second-order valence-electron chi connectivity index (χ2n) is 6.71. The van der Waals surface area contributed by atoms with Crippen molar-refractivity contribution in [3.8, 4) is 5.75 Å². The number of thioether (sulfide) groups is 1. The van der Waals surface area contributed by atoms with Crippen LogP contribution < -0.4 is 4.74 Å². The number of rotatable bonds is 3. The van der Waals surface area contributed by atoms with Crippen molar-refractivity contribution in [2.45, 2.75) is 31.2 Å². The van der Waals surface area contributed by atoms with Crippen molar-refractivity contribution in [1.82, 2.24) is 4.57 Å². The highest BCUT2D eigenvalue weighted by molar-refractivity contribution is 7.99. The average molecular weight is 337 g/mol. The van der Waals surface area contributed by atoms with Gasteiger partial charge in [0.25, 0.3) is 0 Å². The number of hydrogen-bond acceptors (Lipinski definition) is 2. The minimum Gasteiger partial charge on any atom is -0.493 e. The van der Waals surface area contributed by atoms with Crippen molar-refractivity contribution >= 4 is 22.7 Å². The third-order valence-electron chi connectivity index (χ3n) is 4.99. The molecule has 2 nitrogen and oxygen atoms in total. The number of ether oxygens (including phenoxy) is 1. The Hall–Kier alpha value is -1.87. The van der Waals surface area contributed by atoms with Gasteiger partial charge in [0.15, 0.2) is 0 Å². The van der Waals surface area contributed by atoms with Crippen molar-refractivity contribution in [2.75, 3.05) is 12.4 Å². The van der Waals surface area contributed by atoms with Gasteiger partial charge in [-0.3, -0.25) is 0 Å². The Balaban J connectivity index is 1.67. The minimum atomic E-state index is 0.465. The standard InChI is InChI=1S/C21H23NOS/c1-14-8-9-15(2)19(12-14)23-13-16-10-11-24-21-20(16)17-6-4-5-7-18(17)22(21)3/h4-9,12,16H,10-11,13H2,1-3H3. The van der Waals surface area contributed by atoms with E-state index in [4.69, 9.17) is 4.74 Å². The number of fused-ring (bicyclic) bond motifs is 3. The molecule has 1 aliphatic rings. The molecule has 0 spiro atoms. The third kappa shape index (κ3) is 2.61. The maximum absolute atomic E-state index is 6.25. The lowest BCUT2D eigenvalue weighted by molar-refractivity contribution is 0.281. The summed E-state index contributed by atoms with van der Waals surface area (Å²) < 4.78 is 8.60. The van der Waals surface area contributed by atoms with E-state index in [-0.39, 0.29) is 0 Å². The van der Waals surface area contributed by atoms with Gasteiger partial charge in [-0.25, -0.2) is 0 Å². The smallest absolute Gasteiger partial charge is 0.122 e. The molecular formula is C21H23NOS. The zero-order chi connectivity index (χ0) is 16.7. The van der Waals surface area contributed by atoms with Crippen LogP contribution in [0.4, 0.5) is 0 Å². The first-order valence-electron chi connectivity index (χ1n) is 8.55. The highest BCUT2D eigenvalue weighted by atomic mass is 32.2. The van der Waals surface area contributed by atoms with Crippen molar-refractivity contribution in [3.05, 3.63) is 59.2 Å². The summed E-state index contributed by atoms with van der Waals surface area (Å²) in [6.07, 6.45) is 1.18. The molecule has 3 aromatic rings. The van der Waals surface area contributed by atoms with Crippen LogP contribution in [0.25, 0.3) is 10.9 Å². The Morgan fingerprint density at radius 2 is 2.00 bits per heavy atom. The van der Waals surface area contributed by atoms with Gasteiger partial charge in [-0.15, -0.1) is 11.8 Å². The molecule has 0 bridgehead atoms. The second kappa shape index (κ2) is 6.21. The zero-order valence-electron chi connectivity index (χ0n) is 14.5. The molecule has 0 saturated carbocycles. The van der Waals surface area contributed by atoms with Crippen LogP contribution in [0.2, 0.25) is 0 Å². The Kier molecular flexibility index (Phi) is 4.05. The predicted octanol–water partition coefficient (Wildman–Crippen LogP) is 5.45. The number of para-hydroxylation sites is 1. The van der Waals surface area contributed by atoms with Gasteiger partial charge in [0.1, 0.15) is 5.75 Å². The fraction of sp³-hybridized carbons (Fsp3) is 0.333. The number of aromatic nitrogens is 1. The van der Waals surface area contributed by atoms with Crippen molar-refractivity contribution in [2.24, 2.45) is 7.05 Å². The van der Waals surface area contributed by atoms with Gasteiger partial charge in [-0.05, 0) is 49.1 Å². The van der Waals surface area contributed by atoms with E-state index in [9.17, 15) is 0 Å². The molecular weight excluding hydrogens is 314 g/mol. The Morgan fingerprint density at radius 3 is 2.88 bits per heavy atom. The molecule has 2 heterocycles. The topological polar surface area (TPSA) is 14.2 Å². The first-order chi connectivity index (χ1) is 11.6. The van der Waals surface area contributed by atoms with E-state index in [1.165, 1.54) is 39.0 Å². The van der Waals surface area contributed by atoms with Gasteiger partial charge in [-0.1, -0.05) is 30.3 Å². The molecule has 4 rings (SSSR count). The highest BCUT2D eigenvalue weighted by Crippen LogP contribution is 2.43. The summed E-state index contributed by atoms with van der Waals surface area (Å²) in [5.74, 6) is 2.65. The van der Waals surface area contributed by atoms with Crippen LogP contribution in [-0.4, -0.2) is 16.9 Å². The molecule has 3 heteroatoms. The van der Waals surface area contributed by atoms with E-state index in [0.717, 1.165) is 18.1 Å². The second-order valence-corrected chi connectivity index (χ2v) is 7.79. The first kappa shape index (κ1) is 15.6. The normalized spacial score (nSPS) is 17.0. The van der Waals surface area contributed by atoms with Gasteiger partial charge >= 0.3 is 0 Å². The summed E-state index contributed by atoms with van der Waals surface area (Å²) in [4.78, 5) is 0. The molecule has 1 unspecified atom stereocenters. The summed E-state index contributed by atoms with van der Waals surface area (Å²) in [5, 5.41) is 2.80. The summed E-state index contributed by atoms with van der Waals surface area (Å²) in [7, 11) is 2.18. The van der Waals surface area contributed by atoms with Crippen LogP contribution in [0, 0.1) is 13.8 Å². The van der Waals surface area contributed by atoms with E-state index in [1.54, 1.807) is 0 Å². The maximum Gasteiger partial charge on any atom is 0.122 e. The summed E-state index contributed by atoms with van der Waals surface area (Å²) in [5.41, 5.74) is 5.27. The van der Waals surface area contributed by atoms with Crippen LogP contribution in [0.1, 0.15) is 29.0 Å². The van der Waals surface area contributed by atoms with Crippen LogP contribution >= 0.6 is 11.8 Å². The van der Waals surface area contributed by atoms with Gasteiger partial charge < -0.3 is 9.30 Å². The lowest BCUT2D eigenvalue weighted by Gasteiger charge is -2.24. The molecule has 2 aromatic carbocycles. The zero-order valence-corrected chi connectivity index (χ0v) is 15.3. The highest BCUT2D eigenvalue weighted by Gasteiger charge is 2.27. The molecule has 0 aliphatic carbocycles. The molecule has 1 aromatic heterocycles. The van der Waals surface area contributed by atoms with Crippen LogP contribution in [0.15, 0.2) is 47.5 Å². The number of hydrogen-bond donors (Lipinski definition) is 0. The van der Waals surface area contributed by atoms with Crippen LogP contribution in [0.3, 0.4) is 0 Å². The monoisotopic (exact) mass is 337 g/mol. The van der Waals surface area contributed by atoms with E-state index < -0.39 is 0 Å². The molecule has 24 heavy (non-hydrogen) atoms. The van der Waals surface area contributed by atoms with Crippen molar-refractivity contribution in [3.63, 3.8) is 0 Å². The fourth-order valence-electron chi connectivity index (χ4n) is 3.63. The lowest BCUT2D eigenvalue weighted by atomic mass is 9.96. The Labute approximate surface area is 147 Å². The van der Waals surface area contributed by atoms with Crippen LogP contribution in [-0.2, 0) is 7.05 Å². The molecule has 1 atom stereocenters. The molecule has 124 valence electrons. The summed E-state index contributed by atoms with van der Waals surface area (Å²) in [6.45, 7) is 4.99. The molecule has 0 radical (unpaired) electrons. The quantitative estimate of drug-likeness (QED) is 0.630. The number of aryl methyl sites for hydroxylation is 3. The summed E-state index contributed by atoms with van der Waals surface area (Å²) >= 11 is 1.98. The predicted molar refractivity (Wildman–Crippen MR) is 102 cm³/mol. The van der Waals surface area contributed by atoms with Gasteiger partial charge in [-0.2, -0.15) is 0 Å². The van der Waals surface area contributed by atoms with Crippen molar-refractivity contribution < 1.29 is 4.74 Å². The Bertz CT molecular complexity index is 896. The lowest BCUT2D eigenvalue weighted by Crippen LogP contribution is -2.16. The van der Waals surface area contributed by atoms with Crippen molar-refractivity contribution in [1.29, 1.82) is 0 Å². The van der Waals surface area contributed by atoms with Crippen LogP contribution in [0.5, 0.6) is 5.75 Å². The van der Waals surface area contributed by atoms with E-state index in [1.807, 2.05) is 11.8 Å². The Morgan fingerprint density at radius 1 is 1.17 bits per heavy atom. The number of nitrogens with zero attached hydrogens (tertiary/aromatic N) is 1. The number of benzene rings is 2. The minimum absolute atomic E-state index is 0.465. The molecule has 1 aliphatic heterocycles. The average Bonchev–Trinajstić information content (AvgIpc) is 2.90. The maximum atomic E-state index is 6.25. The largest absolute Gasteiger partial charge is 0.493 e. The molecule has 0 fully saturated rings. The fourth-order valence-corrected chi connectivity index (χ4v) is 4.95. The molecule has 0 amide bonds. The van der Waals surface area contributed by atoms with Gasteiger partial charge in [0.05, 0.1) is 11.6 Å². The molecule has 0 N–H and O–H groups in total. The first-order valence-corrected chi connectivity index (χ1v) is 9.54. The van der Waals surface area contributed by atoms with Gasteiger partial charge in [0, 0.05) is 29.6 Å². The van der Waals surface area contributed by atoms with E-state index in [0.29, 0.717) is 5.92 Å². The summed E-state index contributed by atoms with van der Waals surface area (Å²) in [6, 6.07) is 15.2. The van der Waals surface area contributed by atoms with Gasteiger partial charge in [0.2, 0.25) is 0 Å². The van der Waals surface area contributed by atoms with E-state index in [2.05, 4.69) is 67.9 Å². The SMILES string of the molecule is Cc1ccc(C)c(OCC2CCSc3c2c2ccccc2n3C)c1. The molecule has 0 saturated heterocycles. The van der Waals surface area contributed by atoms with E-state index >= 15 is 0 Å². The third-order valence-corrected chi connectivity index (χ3v) is 6.19.